The van der Waals surface area contributed by atoms with Gasteiger partial charge in [0.25, 0.3) is 5.91 Å². The predicted molar refractivity (Wildman–Crippen MR) is 140 cm³/mol. The third-order valence-corrected chi connectivity index (χ3v) is 8.02. The van der Waals surface area contributed by atoms with E-state index in [9.17, 15) is 9.59 Å². The highest BCUT2D eigenvalue weighted by atomic mass is 35.5. The van der Waals surface area contributed by atoms with Crippen LogP contribution in [0.2, 0.25) is 10.0 Å². The molecule has 170 valence electrons. The van der Waals surface area contributed by atoms with Crippen molar-refractivity contribution in [3.05, 3.63) is 67.9 Å². The number of carbonyl (C=O) groups excluding carboxylic acids is 2. The number of hydrogen-bond acceptors (Lipinski definition) is 7. The molecular weight excluding hydrogens is 521 g/mol. The minimum Gasteiger partial charge on any atom is -0.422 e. The van der Waals surface area contributed by atoms with E-state index in [-0.39, 0.29) is 5.91 Å². The van der Waals surface area contributed by atoms with Crippen molar-refractivity contribution >= 4 is 90.9 Å². The summed E-state index contributed by atoms with van der Waals surface area (Å²) in [6.07, 6.45) is 2.49. The normalized spacial score (nSPS) is 15.1. The Labute approximate surface area is 214 Å². The molecule has 10 heteroatoms. The number of rotatable bonds is 7. The van der Waals surface area contributed by atoms with Crippen LogP contribution in [0.5, 0.6) is 5.75 Å². The first-order valence-electron chi connectivity index (χ1n) is 9.81. The summed E-state index contributed by atoms with van der Waals surface area (Å²) in [5, 5.41) is 1.68. The molecule has 1 aliphatic heterocycles. The minimum absolute atomic E-state index is 0.115. The Bertz CT molecular complexity index is 1270. The summed E-state index contributed by atoms with van der Waals surface area (Å²) >= 11 is 20.2. The molecule has 0 saturated carbocycles. The molecule has 0 bridgehead atoms. The lowest BCUT2D eigenvalue weighted by Gasteiger charge is -2.13. The second kappa shape index (κ2) is 10.5. The number of thiocarbonyl (C=S) groups is 1. The molecule has 1 fully saturated rings. The summed E-state index contributed by atoms with van der Waals surface area (Å²) in [6.45, 7) is 1.09. The smallest absolute Gasteiger partial charge is 0.355 e. The van der Waals surface area contributed by atoms with Gasteiger partial charge in [-0.1, -0.05) is 65.4 Å². The number of nitrogens with zero attached hydrogens (tertiary/aromatic N) is 1. The van der Waals surface area contributed by atoms with Gasteiger partial charge in [-0.15, -0.1) is 11.3 Å². The van der Waals surface area contributed by atoms with E-state index < -0.39 is 5.97 Å². The van der Waals surface area contributed by atoms with Gasteiger partial charge in [0.05, 0.1) is 9.93 Å². The number of thiophene rings is 1. The van der Waals surface area contributed by atoms with E-state index in [1.807, 2.05) is 0 Å². The maximum Gasteiger partial charge on any atom is 0.355 e. The topological polar surface area (TPSA) is 55.8 Å². The fourth-order valence-electron chi connectivity index (χ4n) is 3.17. The lowest BCUT2D eigenvalue weighted by molar-refractivity contribution is -0.122. The highest BCUT2D eigenvalue weighted by molar-refractivity contribution is 8.26. The quantitative estimate of drug-likeness (QED) is 0.110. The Morgan fingerprint density at radius 2 is 1.94 bits per heavy atom. The molecular formula is C23H17Cl2NO4S3. The zero-order valence-corrected chi connectivity index (χ0v) is 21.3. The Morgan fingerprint density at radius 3 is 2.67 bits per heavy atom. The van der Waals surface area contributed by atoms with Crippen molar-refractivity contribution in [2.24, 2.45) is 0 Å². The number of thioether (sulfide) groups is 1. The van der Waals surface area contributed by atoms with Crippen LogP contribution in [0.1, 0.15) is 21.7 Å². The fraction of sp³-hybridized carbons (Fsp3) is 0.174. The van der Waals surface area contributed by atoms with E-state index in [1.165, 1.54) is 23.1 Å². The Morgan fingerprint density at radius 1 is 1.18 bits per heavy atom. The van der Waals surface area contributed by atoms with Crippen LogP contribution in [0.25, 0.3) is 16.2 Å². The molecule has 0 unspecified atom stereocenters. The van der Waals surface area contributed by atoms with Crippen LogP contribution in [0.3, 0.4) is 0 Å². The molecule has 33 heavy (non-hydrogen) atoms. The van der Waals surface area contributed by atoms with Crippen molar-refractivity contribution in [3.8, 4) is 5.75 Å². The third-order valence-electron chi connectivity index (χ3n) is 4.77. The highest BCUT2D eigenvalue weighted by Crippen LogP contribution is 2.37. The van der Waals surface area contributed by atoms with Gasteiger partial charge in [0.2, 0.25) is 0 Å². The first kappa shape index (κ1) is 24.2. The van der Waals surface area contributed by atoms with E-state index in [0.29, 0.717) is 49.5 Å². The van der Waals surface area contributed by atoms with Gasteiger partial charge < -0.3 is 9.47 Å². The summed E-state index contributed by atoms with van der Waals surface area (Å²) in [7, 11) is 1.62. The molecule has 5 nitrogen and oxygen atoms in total. The van der Waals surface area contributed by atoms with Gasteiger partial charge in [-0.3, -0.25) is 9.69 Å². The van der Waals surface area contributed by atoms with Gasteiger partial charge in [-0.2, -0.15) is 0 Å². The number of ether oxygens (including phenoxy) is 2. The number of halogens is 2. The lowest BCUT2D eigenvalue weighted by atomic mass is 10.2. The zero-order chi connectivity index (χ0) is 23.5. The molecule has 0 aliphatic carbocycles. The molecule has 2 heterocycles. The fourth-order valence-corrected chi connectivity index (χ4v) is 6.14. The largest absolute Gasteiger partial charge is 0.422 e. The maximum absolute atomic E-state index is 12.7. The number of carbonyl (C=O) groups is 2. The molecule has 0 atom stereocenters. The standard InChI is InChI=1S/C23H17Cl2NO4S3/c1-29-10-2-9-26-21(27)18(33-23(26)31)11-13-3-6-15(7-4-13)30-22(28)20-19(25)16-8-5-14(24)12-17(16)32-20/h3-8,11-12H,2,9-10H2,1H3. The Kier molecular flexibility index (Phi) is 7.73. The minimum atomic E-state index is -0.540. The van der Waals surface area contributed by atoms with E-state index in [1.54, 1.807) is 60.6 Å². The first-order valence-corrected chi connectivity index (χ1v) is 12.6. The van der Waals surface area contributed by atoms with Gasteiger partial charge in [0.15, 0.2) is 0 Å². The number of benzene rings is 2. The van der Waals surface area contributed by atoms with Crippen LogP contribution in [-0.2, 0) is 9.53 Å². The van der Waals surface area contributed by atoms with Gasteiger partial charge in [0.1, 0.15) is 14.9 Å². The van der Waals surface area contributed by atoms with Crippen molar-refractivity contribution in [3.63, 3.8) is 0 Å². The number of amides is 1. The summed E-state index contributed by atoms with van der Waals surface area (Å²) in [5.41, 5.74) is 0.793. The first-order chi connectivity index (χ1) is 15.9. The summed E-state index contributed by atoms with van der Waals surface area (Å²) in [6, 6.07) is 12.1. The molecule has 0 N–H and O–H groups in total. The molecule has 1 aliphatic rings. The molecule has 3 aromatic rings. The zero-order valence-electron chi connectivity index (χ0n) is 17.3. The third kappa shape index (κ3) is 5.42. The summed E-state index contributed by atoms with van der Waals surface area (Å²) < 4.78 is 11.9. The van der Waals surface area contributed by atoms with Crippen molar-refractivity contribution in [2.45, 2.75) is 6.42 Å². The summed E-state index contributed by atoms with van der Waals surface area (Å²) in [4.78, 5) is 27.7. The van der Waals surface area contributed by atoms with Gasteiger partial charge in [0, 0.05) is 35.4 Å². The average Bonchev–Trinajstić information content (AvgIpc) is 3.25. The lowest BCUT2D eigenvalue weighted by Crippen LogP contribution is -2.29. The molecule has 2 aromatic carbocycles. The van der Waals surface area contributed by atoms with E-state index in [0.717, 1.165) is 15.6 Å². The number of esters is 1. The average molecular weight is 538 g/mol. The second-order valence-corrected chi connectivity index (χ2v) is 10.6. The molecule has 1 amide bonds. The number of fused-ring (bicyclic) bond motifs is 1. The SMILES string of the molecule is COCCCN1C(=O)C(=Cc2ccc(OC(=O)c3sc4cc(Cl)ccc4c3Cl)cc2)SC1=S. The Balaban J connectivity index is 1.45. The maximum atomic E-state index is 12.7. The molecule has 0 spiro atoms. The van der Waals surface area contributed by atoms with E-state index in [2.05, 4.69) is 0 Å². The monoisotopic (exact) mass is 537 g/mol. The van der Waals surface area contributed by atoms with Crippen LogP contribution in [-0.4, -0.2) is 41.4 Å². The van der Waals surface area contributed by atoms with Crippen molar-refractivity contribution in [1.29, 1.82) is 0 Å². The van der Waals surface area contributed by atoms with Gasteiger partial charge in [-0.25, -0.2) is 4.79 Å². The molecule has 1 aromatic heterocycles. The summed E-state index contributed by atoms with van der Waals surface area (Å²) in [5.74, 6) is -0.283. The van der Waals surface area contributed by atoms with Crippen molar-refractivity contribution in [1.82, 2.24) is 4.90 Å². The predicted octanol–water partition coefficient (Wildman–Crippen LogP) is 6.67. The van der Waals surface area contributed by atoms with Crippen LogP contribution in [0.15, 0.2) is 47.4 Å². The van der Waals surface area contributed by atoms with Crippen molar-refractivity contribution in [2.75, 3.05) is 20.3 Å². The Hall–Kier alpha value is -1.94. The van der Waals surface area contributed by atoms with E-state index >= 15 is 0 Å². The second-order valence-electron chi connectivity index (χ2n) is 7.02. The molecule has 1 saturated heterocycles. The van der Waals surface area contributed by atoms with Crippen LogP contribution in [0, 0.1) is 0 Å². The van der Waals surface area contributed by atoms with Gasteiger partial charge >= 0.3 is 5.97 Å². The van der Waals surface area contributed by atoms with Crippen LogP contribution >= 0.6 is 58.5 Å². The van der Waals surface area contributed by atoms with Crippen LogP contribution in [0.4, 0.5) is 0 Å². The van der Waals surface area contributed by atoms with Gasteiger partial charge in [-0.05, 0) is 42.3 Å². The molecule has 4 rings (SSSR count). The number of hydrogen-bond donors (Lipinski definition) is 0. The number of methoxy groups -OCH3 is 1. The van der Waals surface area contributed by atoms with Crippen LogP contribution < -0.4 is 4.74 Å². The van der Waals surface area contributed by atoms with Crippen molar-refractivity contribution < 1.29 is 19.1 Å². The highest BCUT2D eigenvalue weighted by Gasteiger charge is 2.31. The molecule has 0 radical (unpaired) electrons. The van der Waals surface area contributed by atoms with E-state index in [4.69, 9.17) is 44.9 Å².